The number of nitrogens with one attached hydrogen (secondary N) is 1. The first kappa shape index (κ1) is 13.8. The first-order chi connectivity index (χ1) is 7.78. The predicted octanol–water partition coefficient (Wildman–Crippen LogP) is 3.93. The highest BCUT2D eigenvalue weighted by Gasteiger charge is 2.18. The monoisotopic (exact) mass is 255 g/mol. The second kappa shape index (κ2) is 5.41. The summed E-state index contributed by atoms with van der Waals surface area (Å²) in [6.45, 7) is 7.37. The van der Waals surface area contributed by atoms with Gasteiger partial charge in [0.05, 0.1) is 6.04 Å². The van der Waals surface area contributed by atoms with Crippen molar-refractivity contribution in [3.8, 4) is 0 Å². The zero-order valence-corrected chi connectivity index (χ0v) is 11.3. The molecule has 17 heavy (non-hydrogen) atoms. The molecule has 0 radical (unpaired) electrons. The summed E-state index contributed by atoms with van der Waals surface area (Å²) in [7, 11) is 0. The molecule has 0 heterocycles. The van der Waals surface area contributed by atoms with Gasteiger partial charge in [0.25, 0.3) is 0 Å². The molecule has 0 saturated carbocycles. The van der Waals surface area contributed by atoms with Crippen molar-refractivity contribution in [2.24, 2.45) is 0 Å². The van der Waals surface area contributed by atoms with Gasteiger partial charge in [0.15, 0.2) is 0 Å². The fourth-order valence-corrected chi connectivity index (χ4v) is 1.54. The van der Waals surface area contributed by atoms with Crippen molar-refractivity contribution in [2.45, 2.75) is 39.3 Å². The van der Waals surface area contributed by atoms with Gasteiger partial charge in [-0.3, -0.25) is 0 Å². The molecular weight excluding hydrogens is 238 g/mol. The van der Waals surface area contributed by atoms with Crippen LogP contribution < -0.4 is 5.32 Å². The molecule has 0 bridgehead atoms. The molecule has 0 aliphatic rings. The molecule has 3 nitrogen and oxygen atoms in total. The topological polar surface area (TPSA) is 38.3 Å². The fourth-order valence-electron chi connectivity index (χ4n) is 1.34. The standard InChI is InChI=1S/C13H18ClNO2/c1-9(10-6-5-7-11(14)8-10)15-12(16)17-13(2,3)4/h5-9H,1-4H3,(H,15,16)/t9-/m0/s1. The van der Waals surface area contributed by atoms with E-state index < -0.39 is 11.7 Å². The number of ether oxygens (including phenoxy) is 1. The van der Waals surface area contributed by atoms with Crippen LogP contribution >= 0.6 is 11.6 Å². The highest BCUT2D eigenvalue weighted by atomic mass is 35.5. The Hall–Kier alpha value is -1.22. The van der Waals surface area contributed by atoms with E-state index in [0.717, 1.165) is 5.56 Å². The van der Waals surface area contributed by atoms with Gasteiger partial charge < -0.3 is 10.1 Å². The number of hydrogen-bond acceptors (Lipinski definition) is 2. The summed E-state index contributed by atoms with van der Waals surface area (Å²) in [5.74, 6) is 0. The second-order valence-corrected chi connectivity index (χ2v) is 5.36. The molecule has 0 spiro atoms. The lowest BCUT2D eigenvalue weighted by Crippen LogP contribution is -2.34. The Morgan fingerprint density at radius 2 is 2.06 bits per heavy atom. The SMILES string of the molecule is C[C@H](NC(=O)OC(C)(C)C)c1cccc(Cl)c1. The van der Waals surface area contributed by atoms with Crippen molar-refractivity contribution in [3.05, 3.63) is 34.9 Å². The molecule has 1 aromatic carbocycles. The molecule has 4 heteroatoms. The molecule has 1 atom stereocenters. The molecule has 94 valence electrons. The predicted molar refractivity (Wildman–Crippen MR) is 69.2 cm³/mol. The quantitative estimate of drug-likeness (QED) is 0.870. The number of rotatable bonds is 2. The Labute approximate surface area is 107 Å². The lowest BCUT2D eigenvalue weighted by atomic mass is 10.1. The zero-order valence-electron chi connectivity index (χ0n) is 10.6. The van der Waals surface area contributed by atoms with E-state index in [9.17, 15) is 4.79 Å². The molecule has 0 saturated heterocycles. The first-order valence-electron chi connectivity index (χ1n) is 5.53. The highest BCUT2D eigenvalue weighted by Crippen LogP contribution is 2.18. The van der Waals surface area contributed by atoms with Crippen molar-refractivity contribution in [3.63, 3.8) is 0 Å². The number of amides is 1. The van der Waals surface area contributed by atoms with E-state index in [1.165, 1.54) is 0 Å². The fraction of sp³-hybridized carbons (Fsp3) is 0.462. The van der Waals surface area contributed by atoms with E-state index in [-0.39, 0.29) is 6.04 Å². The zero-order chi connectivity index (χ0) is 13.1. The van der Waals surface area contributed by atoms with Crippen molar-refractivity contribution in [2.75, 3.05) is 0 Å². The molecule has 1 rings (SSSR count). The third-order valence-electron chi connectivity index (χ3n) is 2.08. The molecule has 1 amide bonds. The van der Waals surface area contributed by atoms with Gasteiger partial charge in [0.1, 0.15) is 5.60 Å². The average Bonchev–Trinajstić information content (AvgIpc) is 2.14. The van der Waals surface area contributed by atoms with E-state index >= 15 is 0 Å². The number of halogens is 1. The summed E-state index contributed by atoms with van der Waals surface area (Å²) in [5.41, 5.74) is 0.460. The van der Waals surface area contributed by atoms with Crippen LogP contribution in [0.4, 0.5) is 4.79 Å². The lowest BCUT2D eigenvalue weighted by molar-refractivity contribution is 0.0508. The molecule has 1 N–H and O–H groups in total. The molecule has 0 aromatic heterocycles. The van der Waals surface area contributed by atoms with Crippen LogP contribution in [0.1, 0.15) is 39.3 Å². The van der Waals surface area contributed by atoms with Gasteiger partial charge in [0, 0.05) is 5.02 Å². The van der Waals surface area contributed by atoms with Gasteiger partial charge in [0.2, 0.25) is 0 Å². The molecular formula is C13H18ClNO2. The minimum atomic E-state index is -0.488. The van der Waals surface area contributed by atoms with Crippen molar-refractivity contribution in [1.82, 2.24) is 5.32 Å². The third-order valence-corrected chi connectivity index (χ3v) is 2.32. The van der Waals surface area contributed by atoms with Crippen LogP contribution in [0, 0.1) is 0 Å². The second-order valence-electron chi connectivity index (χ2n) is 4.92. The maximum atomic E-state index is 11.6. The van der Waals surface area contributed by atoms with Crippen molar-refractivity contribution in [1.29, 1.82) is 0 Å². The van der Waals surface area contributed by atoms with Crippen LogP contribution in [0.15, 0.2) is 24.3 Å². The molecule has 0 aliphatic carbocycles. The largest absolute Gasteiger partial charge is 0.444 e. The minimum Gasteiger partial charge on any atom is -0.444 e. The van der Waals surface area contributed by atoms with Gasteiger partial charge >= 0.3 is 6.09 Å². The van der Waals surface area contributed by atoms with Crippen molar-refractivity contribution >= 4 is 17.7 Å². The number of hydrogen-bond donors (Lipinski definition) is 1. The Balaban J connectivity index is 2.61. The maximum Gasteiger partial charge on any atom is 0.408 e. The van der Waals surface area contributed by atoms with Crippen molar-refractivity contribution < 1.29 is 9.53 Å². The molecule has 0 aliphatic heterocycles. The van der Waals surface area contributed by atoms with Crippen LogP contribution in [-0.2, 0) is 4.74 Å². The van der Waals surface area contributed by atoms with Crippen LogP contribution in [0.25, 0.3) is 0 Å². The Bertz CT molecular complexity index is 399. The Kier molecular flexibility index (Phi) is 4.40. The molecule has 0 fully saturated rings. The third kappa shape index (κ3) is 5.09. The van der Waals surface area contributed by atoms with Crippen LogP contribution in [0.2, 0.25) is 5.02 Å². The summed E-state index contributed by atoms with van der Waals surface area (Å²) < 4.78 is 5.18. The Morgan fingerprint density at radius 1 is 1.41 bits per heavy atom. The first-order valence-corrected chi connectivity index (χ1v) is 5.91. The van der Waals surface area contributed by atoms with E-state index in [1.807, 2.05) is 45.9 Å². The molecule has 1 aromatic rings. The van der Waals surface area contributed by atoms with Gasteiger partial charge in [-0.15, -0.1) is 0 Å². The van der Waals surface area contributed by atoms with Crippen LogP contribution in [0.5, 0.6) is 0 Å². The Morgan fingerprint density at radius 3 is 2.59 bits per heavy atom. The summed E-state index contributed by atoms with van der Waals surface area (Å²) in [6.07, 6.45) is -0.426. The lowest BCUT2D eigenvalue weighted by Gasteiger charge is -2.22. The smallest absolute Gasteiger partial charge is 0.408 e. The summed E-state index contributed by atoms with van der Waals surface area (Å²) in [5, 5.41) is 3.41. The van der Waals surface area contributed by atoms with E-state index in [2.05, 4.69) is 5.32 Å². The highest BCUT2D eigenvalue weighted by molar-refractivity contribution is 6.30. The molecule has 0 unspecified atom stereocenters. The van der Waals surface area contributed by atoms with Crippen LogP contribution in [0.3, 0.4) is 0 Å². The average molecular weight is 256 g/mol. The van der Waals surface area contributed by atoms with E-state index in [4.69, 9.17) is 16.3 Å². The van der Waals surface area contributed by atoms with Gasteiger partial charge in [-0.25, -0.2) is 4.79 Å². The van der Waals surface area contributed by atoms with Gasteiger partial charge in [-0.1, -0.05) is 23.7 Å². The normalized spacial score (nSPS) is 13.0. The number of carbonyl (C=O) groups excluding carboxylic acids is 1. The van der Waals surface area contributed by atoms with E-state index in [0.29, 0.717) is 5.02 Å². The summed E-state index contributed by atoms with van der Waals surface area (Å²) in [4.78, 5) is 11.6. The number of alkyl carbamates (subject to hydrolysis) is 1. The van der Waals surface area contributed by atoms with Gasteiger partial charge in [-0.05, 0) is 45.4 Å². The minimum absolute atomic E-state index is 0.136. The number of carbonyl (C=O) groups is 1. The summed E-state index contributed by atoms with van der Waals surface area (Å²) >= 11 is 5.89. The summed E-state index contributed by atoms with van der Waals surface area (Å²) in [6, 6.07) is 7.25. The van der Waals surface area contributed by atoms with Crippen LogP contribution in [-0.4, -0.2) is 11.7 Å². The number of benzene rings is 1. The van der Waals surface area contributed by atoms with E-state index in [1.54, 1.807) is 6.07 Å². The maximum absolute atomic E-state index is 11.6. The van der Waals surface area contributed by atoms with Gasteiger partial charge in [-0.2, -0.15) is 0 Å².